The van der Waals surface area contributed by atoms with E-state index in [-0.39, 0.29) is 35.7 Å². The van der Waals surface area contributed by atoms with Crippen molar-refractivity contribution in [1.29, 1.82) is 0 Å². The molecule has 6 aromatic rings. The Morgan fingerprint density at radius 1 is 0.647 bits per heavy atom. The summed E-state index contributed by atoms with van der Waals surface area (Å²) in [6.45, 7) is 15.9. The number of nitrogens with one attached hydrogen (secondary N) is 2. The number of halogens is 1. The zero-order valence-corrected chi connectivity index (χ0v) is 43.4. The van der Waals surface area contributed by atoms with Crippen molar-refractivity contribution in [2.24, 2.45) is 0 Å². The molecule has 2 aliphatic carbocycles. The first-order valence-corrected chi connectivity index (χ1v) is 27.1. The van der Waals surface area contributed by atoms with Crippen LogP contribution >= 0.6 is 34.3 Å². The van der Waals surface area contributed by atoms with Crippen LogP contribution in [0, 0.1) is 6.92 Å². The summed E-state index contributed by atoms with van der Waals surface area (Å²) < 4.78 is 6.38. The fraction of sp³-hybridized carbons (Fsp3) is 0.491. The Bertz CT molecular complexity index is 2770. The highest BCUT2D eigenvalue weighted by Gasteiger charge is 2.50. The van der Waals surface area contributed by atoms with Gasteiger partial charge in [0.05, 0.1) is 33.5 Å². The van der Waals surface area contributed by atoms with Crippen LogP contribution in [0.3, 0.4) is 0 Å². The van der Waals surface area contributed by atoms with Gasteiger partial charge in [0.25, 0.3) is 11.8 Å². The van der Waals surface area contributed by atoms with Crippen LogP contribution in [0.2, 0.25) is 5.02 Å². The van der Waals surface area contributed by atoms with Gasteiger partial charge in [-0.25, -0.2) is 0 Å². The van der Waals surface area contributed by atoms with Crippen molar-refractivity contribution in [1.82, 2.24) is 29.6 Å². The van der Waals surface area contributed by atoms with Crippen molar-refractivity contribution in [2.75, 3.05) is 0 Å². The van der Waals surface area contributed by atoms with E-state index in [0.717, 1.165) is 101 Å². The van der Waals surface area contributed by atoms with Crippen molar-refractivity contribution < 1.29 is 19.2 Å². The van der Waals surface area contributed by atoms with Gasteiger partial charge in [0.15, 0.2) is 0 Å². The number of aryl methyl sites for hydroxylation is 3. The zero-order chi connectivity index (χ0) is 48.3. The highest BCUT2D eigenvalue weighted by atomic mass is 35.5. The van der Waals surface area contributed by atoms with Crippen LogP contribution < -0.4 is 10.6 Å². The van der Waals surface area contributed by atoms with E-state index >= 15 is 0 Å². The van der Waals surface area contributed by atoms with E-state index in [1.165, 1.54) is 22.6 Å². The highest BCUT2D eigenvalue weighted by Crippen LogP contribution is 2.39. The minimum absolute atomic E-state index is 0.0326. The Morgan fingerprint density at radius 2 is 1.09 bits per heavy atom. The van der Waals surface area contributed by atoms with Gasteiger partial charge in [-0.05, 0) is 112 Å². The van der Waals surface area contributed by atoms with Crippen LogP contribution in [0.15, 0.2) is 72.8 Å². The summed E-state index contributed by atoms with van der Waals surface area (Å²) >= 11 is 9.55. The molecule has 0 bridgehead atoms. The van der Waals surface area contributed by atoms with Gasteiger partial charge in [0.1, 0.15) is 22.5 Å². The molecule has 0 saturated heterocycles. The summed E-state index contributed by atoms with van der Waals surface area (Å²) in [6, 6.07) is 24.4. The van der Waals surface area contributed by atoms with Gasteiger partial charge in [-0.2, -0.15) is 0 Å². The maximum absolute atomic E-state index is 13.9. The molecule has 6 heterocycles. The molecule has 2 fully saturated rings. The summed E-state index contributed by atoms with van der Waals surface area (Å²) in [7, 11) is 0. The second-order valence-electron chi connectivity index (χ2n) is 19.4. The number of carbonyl (C=O) groups excluding carboxylic acids is 4. The highest BCUT2D eigenvalue weighted by molar-refractivity contribution is 7.19. The molecule has 0 radical (unpaired) electrons. The summed E-state index contributed by atoms with van der Waals surface area (Å²) in [5, 5.41) is 7.28. The fourth-order valence-electron chi connectivity index (χ4n) is 10.5. The lowest BCUT2D eigenvalue weighted by molar-refractivity contribution is -0.134. The number of nitrogens with zero attached hydrogens (tertiary/aromatic N) is 4. The van der Waals surface area contributed by atoms with E-state index in [1.807, 2.05) is 81.1 Å². The lowest BCUT2D eigenvalue weighted by Gasteiger charge is -2.45. The van der Waals surface area contributed by atoms with Crippen LogP contribution in [-0.4, -0.2) is 65.7 Å². The van der Waals surface area contributed by atoms with Gasteiger partial charge in [0.2, 0.25) is 11.8 Å². The fourth-order valence-corrected chi connectivity index (χ4v) is 12.7. The number of thiophene rings is 2. The smallest absolute Gasteiger partial charge is 0.271 e. The van der Waals surface area contributed by atoms with Gasteiger partial charge in [0, 0.05) is 40.0 Å². The van der Waals surface area contributed by atoms with Crippen molar-refractivity contribution in [3.8, 4) is 0 Å². The first kappa shape index (κ1) is 49.5. The van der Waals surface area contributed by atoms with Crippen LogP contribution in [0.25, 0.3) is 20.4 Å². The predicted molar refractivity (Wildman–Crippen MR) is 279 cm³/mol. The monoisotopic (exact) mass is 976 g/mol. The SMILES string of the molecule is CC.CCc1cc2c(cc3n2CC(C)(C(=O)NC2CCCCC2)N(Cc2ccc(Cl)cc2)C3=O)s1.CCc1cc2c(cc3n2CC(C)(C(=O)NC2CCCCC2)N(Cc2ccccc2C)C3=O)s1. The summed E-state index contributed by atoms with van der Waals surface area (Å²) in [5.41, 5.74) is 4.72. The Labute approximate surface area is 415 Å². The molecule has 2 atom stereocenters. The van der Waals surface area contributed by atoms with E-state index in [0.29, 0.717) is 42.6 Å². The minimum Gasteiger partial charge on any atom is -0.351 e. The van der Waals surface area contributed by atoms with Crippen molar-refractivity contribution in [2.45, 2.75) is 175 Å². The van der Waals surface area contributed by atoms with Gasteiger partial charge in [-0.15, -0.1) is 22.7 Å². The van der Waals surface area contributed by atoms with Crippen LogP contribution in [0.5, 0.6) is 0 Å². The van der Waals surface area contributed by atoms with E-state index in [4.69, 9.17) is 11.6 Å². The Balaban J connectivity index is 0.000000177. The van der Waals surface area contributed by atoms with Gasteiger partial charge in [-0.3, -0.25) is 19.2 Å². The molecule has 362 valence electrons. The second-order valence-corrected chi connectivity index (χ2v) is 22.1. The maximum atomic E-state index is 13.9. The van der Waals surface area contributed by atoms with Crippen molar-refractivity contribution in [3.05, 3.63) is 116 Å². The number of benzene rings is 2. The van der Waals surface area contributed by atoms with Crippen molar-refractivity contribution >= 4 is 78.3 Å². The molecule has 2 aromatic carbocycles. The molecule has 0 spiro atoms. The normalized spacial score (nSPS) is 20.9. The van der Waals surface area contributed by atoms with E-state index in [1.54, 1.807) is 27.6 Å². The Kier molecular flexibility index (Phi) is 15.3. The second kappa shape index (κ2) is 21.0. The molecule has 2 aliphatic heterocycles. The number of aromatic nitrogens is 2. The molecule has 2 saturated carbocycles. The Morgan fingerprint density at radius 3 is 1.53 bits per heavy atom. The molecule has 2 unspecified atom stereocenters. The van der Waals surface area contributed by atoms with E-state index in [9.17, 15) is 19.2 Å². The standard InChI is InChI=1S/C27H33N3O2S.C26H30ClN3O2S.C2H6/c1-4-21-14-22-24(33-21)15-23-25(31)30(16-19-11-9-8-10-18(19)2)27(3,17-29(22)23)26(32)28-20-12-6-5-7-13-20;1-3-20-13-21-23(33-20)14-22-24(31)30(15-17-9-11-18(27)12-10-17)26(2,16-29(21)22)25(32)28-19-7-5-4-6-8-19;1-2/h8-11,14-15,20H,4-7,12-13,16-17H2,1-3H3,(H,28,32);9-14,19H,3-8,15-16H2,1-2H3,(H,28,32);1-2H3. The number of fused-ring (bicyclic) bond motifs is 6. The third kappa shape index (κ3) is 9.79. The Hall–Kier alpha value is -4.91. The van der Waals surface area contributed by atoms with Gasteiger partial charge < -0.3 is 29.6 Å². The number of hydrogen-bond acceptors (Lipinski definition) is 6. The topological polar surface area (TPSA) is 109 Å². The molecule has 4 aromatic heterocycles. The molecule has 4 aliphatic rings. The largest absolute Gasteiger partial charge is 0.351 e. The quantitative estimate of drug-likeness (QED) is 0.142. The first-order chi connectivity index (χ1) is 32.8. The van der Waals surface area contributed by atoms with E-state index in [2.05, 4.69) is 64.8 Å². The van der Waals surface area contributed by atoms with Gasteiger partial charge >= 0.3 is 0 Å². The lowest BCUT2D eigenvalue weighted by Crippen LogP contribution is -2.64. The zero-order valence-electron chi connectivity index (χ0n) is 41.0. The maximum Gasteiger partial charge on any atom is 0.271 e. The average molecular weight is 978 g/mol. The summed E-state index contributed by atoms with van der Waals surface area (Å²) in [4.78, 5) is 61.5. The van der Waals surface area contributed by atoms with Crippen molar-refractivity contribution in [3.63, 3.8) is 0 Å². The van der Waals surface area contributed by atoms with Crippen LogP contribution in [0.1, 0.15) is 153 Å². The van der Waals surface area contributed by atoms with Crippen LogP contribution in [-0.2, 0) is 48.6 Å². The first-order valence-electron chi connectivity index (χ1n) is 25.1. The molecule has 4 amide bonds. The predicted octanol–water partition coefficient (Wildman–Crippen LogP) is 12.2. The van der Waals surface area contributed by atoms with E-state index < -0.39 is 11.1 Å². The van der Waals surface area contributed by atoms with Gasteiger partial charge in [-0.1, -0.05) is 114 Å². The third-order valence-electron chi connectivity index (χ3n) is 14.7. The molecule has 10 nitrogen and oxygen atoms in total. The lowest BCUT2D eigenvalue weighted by atomic mass is 9.90. The molecule has 10 rings (SSSR count). The molecular weight excluding hydrogens is 908 g/mol. The number of amides is 4. The molecule has 68 heavy (non-hydrogen) atoms. The molecule has 2 N–H and O–H groups in total. The number of hydrogen-bond donors (Lipinski definition) is 2. The number of rotatable bonds is 10. The average Bonchev–Trinajstić information content (AvgIpc) is 4.12. The third-order valence-corrected chi connectivity index (χ3v) is 17.4. The van der Waals surface area contributed by atoms with Crippen LogP contribution in [0.4, 0.5) is 0 Å². The number of carbonyl (C=O) groups is 4. The summed E-state index contributed by atoms with van der Waals surface area (Å²) in [5.74, 6) is -0.254. The summed E-state index contributed by atoms with van der Waals surface area (Å²) in [6.07, 6.45) is 13.1. The molecular formula is C55H69ClN6O4S2. The minimum atomic E-state index is -0.985. The molecule has 13 heteroatoms.